The zero-order valence-electron chi connectivity index (χ0n) is 7.70. The van der Waals surface area contributed by atoms with E-state index in [4.69, 9.17) is 9.84 Å². The Balaban J connectivity index is 2.70. The molecule has 1 rings (SSSR count). The van der Waals surface area contributed by atoms with E-state index in [0.29, 0.717) is 6.61 Å². The smallest absolute Gasteiger partial charge is 0.409 e. The second-order valence-electron chi connectivity index (χ2n) is 3.61. The maximum absolute atomic E-state index is 10.8. The summed E-state index contributed by atoms with van der Waals surface area (Å²) >= 11 is 0. The number of rotatable bonds is 3. The Bertz CT molecular complexity index is 187. The lowest BCUT2D eigenvalue weighted by Crippen LogP contribution is -2.48. The van der Waals surface area contributed by atoms with Crippen molar-refractivity contribution >= 4 is 6.09 Å². The Kier molecular flexibility index (Phi) is 2.28. The largest absolute Gasteiger partial charge is 0.465 e. The normalized spacial score (nSPS) is 22.1. The van der Waals surface area contributed by atoms with Gasteiger partial charge in [0.05, 0.1) is 6.61 Å². The van der Waals surface area contributed by atoms with Crippen LogP contribution in [0.5, 0.6) is 0 Å². The van der Waals surface area contributed by atoms with Crippen LogP contribution in [0.1, 0.15) is 27.2 Å². The number of hydrogen-bond acceptors (Lipinski definition) is 2. The molecule has 0 spiro atoms. The average molecular weight is 173 g/mol. The molecule has 0 saturated carbocycles. The number of carbonyl (C=O) groups is 1. The van der Waals surface area contributed by atoms with E-state index in [2.05, 4.69) is 0 Å². The molecule has 1 aliphatic heterocycles. The second-order valence-corrected chi connectivity index (χ2v) is 3.61. The average Bonchev–Trinajstić information content (AvgIpc) is 2.70. The lowest BCUT2D eigenvalue weighted by atomic mass is 10.00. The van der Waals surface area contributed by atoms with Gasteiger partial charge in [0.1, 0.15) is 0 Å². The molecule has 4 nitrogen and oxygen atoms in total. The summed E-state index contributed by atoms with van der Waals surface area (Å²) in [6.45, 7) is 6.32. The molecule has 0 aromatic rings. The van der Waals surface area contributed by atoms with Gasteiger partial charge in [0, 0.05) is 5.54 Å². The van der Waals surface area contributed by atoms with Crippen molar-refractivity contribution in [2.75, 3.05) is 6.61 Å². The van der Waals surface area contributed by atoms with E-state index in [0.717, 1.165) is 6.42 Å². The van der Waals surface area contributed by atoms with Gasteiger partial charge in [-0.05, 0) is 20.3 Å². The molecule has 12 heavy (non-hydrogen) atoms. The quantitative estimate of drug-likeness (QED) is 0.658. The van der Waals surface area contributed by atoms with Gasteiger partial charge in [0.25, 0.3) is 0 Å². The van der Waals surface area contributed by atoms with Crippen molar-refractivity contribution in [3.63, 3.8) is 0 Å². The van der Waals surface area contributed by atoms with E-state index in [9.17, 15) is 4.79 Å². The number of carboxylic acid groups (broad SMARTS) is 1. The zero-order chi connectivity index (χ0) is 9.35. The van der Waals surface area contributed by atoms with E-state index < -0.39 is 6.09 Å². The van der Waals surface area contributed by atoms with Gasteiger partial charge in [-0.1, -0.05) is 6.92 Å². The molecular weight excluding hydrogens is 158 g/mol. The molecule has 1 aliphatic rings. The first-order chi connectivity index (χ1) is 5.49. The summed E-state index contributed by atoms with van der Waals surface area (Å²) in [7, 11) is 0. The van der Waals surface area contributed by atoms with Crippen LogP contribution in [0, 0.1) is 0 Å². The van der Waals surface area contributed by atoms with Crippen LogP contribution in [0.25, 0.3) is 0 Å². The van der Waals surface area contributed by atoms with Gasteiger partial charge in [-0.25, -0.2) is 4.79 Å². The first-order valence-corrected chi connectivity index (χ1v) is 4.13. The molecule has 0 bridgehead atoms. The molecule has 1 heterocycles. The highest BCUT2D eigenvalue weighted by Crippen LogP contribution is 2.27. The lowest BCUT2D eigenvalue weighted by molar-refractivity contribution is 0.0576. The van der Waals surface area contributed by atoms with E-state index in [-0.39, 0.29) is 11.8 Å². The summed E-state index contributed by atoms with van der Waals surface area (Å²) in [4.78, 5) is 12.2. The summed E-state index contributed by atoms with van der Waals surface area (Å²) < 4.78 is 4.97. The maximum Gasteiger partial charge on any atom is 0.409 e. The summed E-state index contributed by atoms with van der Waals surface area (Å²) in [5.74, 6) is 0. The zero-order valence-corrected chi connectivity index (χ0v) is 7.70. The Morgan fingerprint density at radius 1 is 1.75 bits per heavy atom. The van der Waals surface area contributed by atoms with Crippen molar-refractivity contribution < 1.29 is 14.6 Å². The minimum absolute atomic E-state index is 0.211. The predicted octanol–water partition coefficient (Wildman–Crippen LogP) is 1.51. The Morgan fingerprint density at radius 2 is 2.25 bits per heavy atom. The van der Waals surface area contributed by atoms with Crippen molar-refractivity contribution in [2.45, 2.75) is 39.0 Å². The van der Waals surface area contributed by atoms with Gasteiger partial charge < -0.3 is 9.84 Å². The molecule has 1 atom stereocenters. The standard InChI is InChI=1S/C8H15NO3/c1-4-8(2,3)9(7(10)11)6-5-12-6/h6H,4-5H2,1-3H3,(H,10,11). The van der Waals surface area contributed by atoms with Crippen LogP contribution >= 0.6 is 0 Å². The van der Waals surface area contributed by atoms with E-state index in [1.165, 1.54) is 4.90 Å². The summed E-state index contributed by atoms with van der Waals surface area (Å²) in [5.41, 5.74) is -0.326. The van der Waals surface area contributed by atoms with Crippen LogP contribution in [0.4, 0.5) is 4.79 Å². The monoisotopic (exact) mass is 173 g/mol. The minimum atomic E-state index is -0.899. The molecule has 4 heteroatoms. The van der Waals surface area contributed by atoms with Crippen LogP contribution in [0.15, 0.2) is 0 Å². The van der Waals surface area contributed by atoms with E-state index in [1.807, 2.05) is 20.8 Å². The first kappa shape index (κ1) is 9.32. The van der Waals surface area contributed by atoms with Gasteiger partial charge in [0.15, 0.2) is 6.23 Å². The number of ether oxygens (including phenoxy) is 1. The van der Waals surface area contributed by atoms with Crippen molar-refractivity contribution in [1.82, 2.24) is 4.90 Å². The van der Waals surface area contributed by atoms with Crippen LogP contribution < -0.4 is 0 Å². The van der Waals surface area contributed by atoms with Crippen molar-refractivity contribution in [3.8, 4) is 0 Å². The SMILES string of the molecule is CCC(C)(C)N(C(=O)O)C1CO1. The van der Waals surface area contributed by atoms with Crippen LogP contribution in [0.2, 0.25) is 0 Å². The molecule has 1 amide bonds. The molecule has 0 aromatic carbocycles. The Labute approximate surface area is 72.1 Å². The highest BCUT2D eigenvalue weighted by Gasteiger charge is 2.42. The van der Waals surface area contributed by atoms with Gasteiger partial charge in [-0.3, -0.25) is 4.90 Å². The molecule has 1 N–H and O–H groups in total. The molecule has 1 fully saturated rings. The maximum atomic E-state index is 10.8. The van der Waals surface area contributed by atoms with Crippen LogP contribution in [0.3, 0.4) is 0 Å². The van der Waals surface area contributed by atoms with Crippen molar-refractivity contribution in [3.05, 3.63) is 0 Å². The predicted molar refractivity (Wildman–Crippen MR) is 44.0 cm³/mol. The van der Waals surface area contributed by atoms with Crippen molar-refractivity contribution in [1.29, 1.82) is 0 Å². The van der Waals surface area contributed by atoms with Crippen LogP contribution in [-0.4, -0.2) is 34.5 Å². The molecule has 0 radical (unpaired) electrons. The molecular formula is C8H15NO3. The first-order valence-electron chi connectivity index (χ1n) is 4.13. The van der Waals surface area contributed by atoms with Crippen molar-refractivity contribution in [2.24, 2.45) is 0 Å². The Morgan fingerprint density at radius 3 is 2.50 bits per heavy atom. The highest BCUT2D eigenvalue weighted by molar-refractivity contribution is 5.66. The fourth-order valence-electron chi connectivity index (χ4n) is 1.13. The van der Waals surface area contributed by atoms with Gasteiger partial charge in [0.2, 0.25) is 0 Å². The fourth-order valence-corrected chi connectivity index (χ4v) is 1.13. The molecule has 0 aliphatic carbocycles. The molecule has 70 valence electrons. The van der Waals surface area contributed by atoms with Crippen LogP contribution in [-0.2, 0) is 4.74 Å². The third-order valence-electron chi connectivity index (χ3n) is 2.33. The number of epoxide rings is 1. The Hall–Kier alpha value is -0.770. The number of nitrogens with zero attached hydrogens (tertiary/aromatic N) is 1. The minimum Gasteiger partial charge on any atom is -0.465 e. The van der Waals surface area contributed by atoms with Gasteiger partial charge >= 0.3 is 6.09 Å². The molecule has 0 aromatic heterocycles. The summed E-state index contributed by atoms with van der Waals surface area (Å²) in [6.07, 6.45) is -0.319. The third-order valence-corrected chi connectivity index (χ3v) is 2.33. The summed E-state index contributed by atoms with van der Waals surface area (Å²) in [5, 5.41) is 8.90. The van der Waals surface area contributed by atoms with Gasteiger partial charge in [-0.2, -0.15) is 0 Å². The van der Waals surface area contributed by atoms with E-state index >= 15 is 0 Å². The third kappa shape index (κ3) is 1.69. The molecule has 1 unspecified atom stereocenters. The lowest BCUT2D eigenvalue weighted by Gasteiger charge is -2.34. The topological polar surface area (TPSA) is 53.1 Å². The van der Waals surface area contributed by atoms with Gasteiger partial charge in [-0.15, -0.1) is 0 Å². The summed E-state index contributed by atoms with van der Waals surface area (Å²) in [6, 6.07) is 0. The molecule has 1 saturated heterocycles. The number of amides is 1. The highest BCUT2D eigenvalue weighted by atomic mass is 16.6. The fraction of sp³-hybridized carbons (Fsp3) is 0.875. The second kappa shape index (κ2) is 2.94. The van der Waals surface area contributed by atoms with E-state index in [1.54, 1.807) is 0 Å². The number of hydrogen-bond donors (Lipinski definition) is 1.